The monoisotopic (exact) mass is 666 g/mol. The second-order valence-corrected chi connectivity index (χ2v) is 13.7. The molecule has 0 amide bonds. The van der Waals surface area contributed by atoms with Gasteiger partial charge in [-0.2, -0.15) is 9.78 Å². The van der Waals surface area contributed by atoms with Gasteiger partial charge in [-0.25, -0.2) is 14.4 Å². The van der Waals surface area contributed by atoms with Crippen LogP contribution in [-0.4, -0.2) is 79.7 Å². The van der Waals surface area contributed by atoms with E-state index in [4.69, 9.17) is 4.74 Å². The van der Waals surface area contributed by atoms with E-state index >= 15 is 4.39 Å². The van der Waals surface area contributed by atoms with E-state index < -0.39 is 18.0 Å². The Balaban J connectivity index is 1.16. The summed E-state index contributed by atoms with van der Waals surface area (Å²) in [5.41, 5.74) is 1.94. The number of H-pyrrole nitrogens is 1. The fourth-order valence-corrected chi connectivity index (χ4v) is 6.54. The van der Waals surface area contributed by atoms with Gasteiger partial charge >= 0.3 is 0 Å². The molecule has 1 atom stereocenters. The van der Waals surface area contributed by atoms with Crippen LogP contribution in [0.3, 0.4) is 0 Å². The molecule has 1 unspecified atom stereocenters. The van der Waals surface area contributed by atoms with Crippen LogP contribution in [-0.2, 0) is 16.8 Å². The van der Waals surface area contributed by atoms with Crippen LogP contribution >= 0.6 is 0 Å². The molecular weight excluding hydrogens is 627 g/mol. The molecule has 0 radical (unpaired) electrons. The van der Waals surface area contributed by atoms with Crippen molar-refractivity contribution in [3.8, 4) is 16.9 Å². The number of aliphatic hydroxyl groups excluding tert-OH is 1. The lowest BCUT2D eigenvalue weighted by molar-refractivity contribution is -0.0691. The standard InChI is InChI=1S/C36H39FN8O4/c1-21-17-43(26-19-49-20-26)9-10-44(21)25-5-6-31(39-16-25)42-30-12-22(14-40-34(30)47)27-7-8-38-33(28(27)18-46)45-35(48)32-23(15-41-45)11-24(13-29(32)37)36(2,3)4/h5-8,11-16,21,26,46H,9-10,17-20H2,1-4H3,(H,39,42)(H,40,47). The maximum Gasteiger partial charge on any atom is 0.283 e. The molecule has 2 aliphatic rings. The van der Waals surface area contributed by atoms with Gasteiger partial charge in [-0.1, -0.05) is 20.8 Å². The van der Waals surface area contributed by atoms with Gasteiger partial charge in [0.15, 0.2) is 5.82 Å². The van der Waals surface area contributed by atoms with Crippen molar-refractivity contribution in [3.63, 3.8) is 0 Å². The minimum atomic E-state index is -0.697. The lowest BCUT2D eigenvalue weighted by Crippen LogP contribution is -2.59. The van der Waals surface area contributed by atoms with Crippen LogP contribution in [0.5, 0.6) is 0 Å². The smallest absolute Gasteiger partial charge is 0.283 e. The molecule has 5 aromatic rings. The number of ether oxygens (including phenoxy) is 1. The second kappa shape index (κ2) is 12.8. The number of aromatic amines is 1. The number of nitrogens with one attached hydrogen (secondary N) is 2. The van der Waals surface area contributed by atoms with Gasteiger partial charge in [0, 0.05) is 54.6 Å². The van der Waals surface area contributed by atoms with E-state index in [0.29, 0.717) is 34.4 Å². The van der Waals surface area contributed by atoms with E-state index in [0.717, 1.165) is 48.8 Å². The number of piperazine rings is 1. The van der Waals surface area contributed by atoms with Gasteiger partial charge in [0.25, 0.3) is 11.1 Å². The third-order valence-corrected chi connectivity index (χ3v) is 9.45. The zero-order valence-electron chi connectivity index (χ0n) is 27.9. The summed E-state index contributed by atoms with van der Waals surface area (Å²) < 4.78 is 21.7. The average Bonchev–Trinajstić information content (AvgIpc) is 3.05. The average molecular weight is 667 g/mol. The number of rotatable bonds is 7. The predicted molar refractivity (Wildman–Crippen MR) is 186 cm³/mol. The molecule has 7 rings (SSSR count). The zero-order chi connectivity index (χ0) is 34.4. The summed E-state index contributed by atoms with van der Waals surface area (Å²) in [5, 5.41) is 18.2. The van der Waals surface area contributed by atoms with Crippen molar-refractivity contribution in [1.82, 2.24) is 29.6 Å². The first-order valence-electron chi connectivity index (χ1n) is 16.4. The second-order valence-electron chi connectivity index (χ2n) is 13.7. The van der Waals surface area contributed by atoms with Gasteiger partial charge in [0.05, 0.1) is 49.3 Å². The molecule has 2 fully saturated rings. The molecule has 49 heavy (non-hydrogen) atoms. The fraction of sp³-hybridized carbons (Fsp3) is 0.361. The van der Waals surface area contributed by atoms with Crippen LogP contribution in [0.4, 0.5) is 21.6 Å². The van der Waals surface area contributed by atoms with Crippen molar-refractivity contribution in [2.24, 2.45) is 0 Å². The Morgan fingerprint density at radius 1 is 1.08 bits per heavy atom. The Kier molecular flexibility index (Phi) is 8.51. The van der Waals surface area contributed by atoms with Crippen LogP contribution in [0.1, 0.15) is 38.8 Å². The molecule has 0 aliphatic carbocycles. The molecular formula is C36H39FN8O4. The third-order valence-electron chi connectivity index (χ3n) is 9.45. The molecule has 0 bridgehead atoms. The van der Waals surface area contributed by atoms with E-state index in [1.807, 2.05) is 32.9 Å². The molecule has 3 N–H and O–H groups in total. The summed E-state index contributed by atoms with van der Waals surface area (Å²) in [6, 6.07) is 11.1. The molecule has 6 heterocycles. The number of halogens is 1. The van der Waals surface area contributed by atoms with E-state index in [-0.39, 0.29) is 33.4 Å². The quantitative estimate of drug-likeness (QED) is 0.232. The minimum absolute atomic E-state index is 0.0558. The summed E-state index contributed by atoms with van der Waals surface area (Å²) in [6.07, 6.45) is 6.22. The number of nitrogens with zero attached hydrogens (tertiary/aromatic N) is 6. The van der Waals surface area contributed by atoms with E-state index in [1.54, 1.807) is 24.4 Å². The topological polar surface area (TPSA) is 142 Å². The minimum Gasteiger partial charge on any atom is -0.392 e. The van der Waals surface area contributed by atoms with Crippen molar-refractivity contribution in [2.75, 3.05) is 43.1 Å². The van der Waals surface area contributed by atoms with Gasteiger partial charge < -0.3 is 25.0 Å². The predicted octanol–water partition coefficient (Wildman–Crippen LogP) is 4.11. The molecule has 2 aliphatic heterocycles. The lowest BCUT2D eigenvalue weighted by atomic mass is 9.86. The lowest BCUT2D eigenvalue weighted by Gasteiger charge is -2.46. The van der Waals surface area contributed by atoms with E-state index in [1.165, 1.54) is 24.7 Å². The molecule has 254 valence electrons. The Morgan fingerprint density at radius 2 is 1.90 bits per heavy atom. The van der Waals surface area contributed by atoms with Crippen LogP contribution in [0, 0.1) is 5.82 Å². The molecule has 0 saturated carbocycles. The highest BCUT2D eigenvalue weighted by atomic mass is 19.1. The Bertz CT molecular complexity index is 2140. The van der Waals surface area contributed by atoms with E-state index in [2.05, 4.69) is 42.1 Å². The normalized spacial score (nSPS) is 17.3. The summed E-state index contributed by atoms with van der Waals surface area (Å²) in [5.74, 6) is -0.106. The molecule has 2 saturated heterocycles. The number of hydrogen-bond donors (Lipinski definition) is 3. The van der Waals surface area contributed by atoms with Gasteiger partial charge in [-0.3, -0.25) is 14.5 Å². The summed E-state index contributed by atoms with van der Waals surface area (Å²) in [7, 11) is 0. The number of anilines is 3. The van der Waals surface area contributed by atoms with Crippen molar-refractivity contribution in [3.05, 3.63) is 98.8 Å². The van der Waals surface area contributed by atoms with Crippen molar-refractivity contribution in [1.29, 1.82) is 0 Å². The van der Waals surface area contributed by atoms with Crippen LogP contribution < -0.4 is 21.3 Å². The summed E-state index contributed by atoms with van der Waals surface area (Å²) >= 11 is 0. The van der Waals surface area contributed by atoms with Crippen LogP contribution in [0.2, 0.25) is 0 Å². The number of benzene rings is 1. The van der Waals surface area contributed by atoms with Crippen molar-refractivity contribution < 1.29 is 14.2 Å². The first-order valence-corrected chi connectivity index (χ1v) is 16.4. The molecule has 12 nitrogen and oxygen atoms in total. The van der Waals surface area contributed by atoms with Crippen LogP contribution in [0.25, 0.3) is 27.7 Å². The Morgan fingerprint density at radius 3 is 2.57 bits per heavy atom. The number of aliphatic hydroxyl groups is 1. The summed E-state index contributed by atoms with van der Waals surface area (Å²) in [6.45, 7) is 12.0. The highest BCUT2D eigenvalue weighted by Gasteiger charge is 2.32. The summed E-state index contributed by atoms with van der Waals surface area (Å²) in [4.78, 5) is 43.0. The van der Waals surface area contributed by atoms with Gasteiger partial charge in [0.2, 0.25) is 0 Å². The number of fused-ring (bicyclic) bond motifs is 1. The van der Waals surface area contributed by atoms with Gasteiger partial charge in [-0.15, -0.1) is 0 Å². The molecule has 13 heteroatoms. The van der Waals surface area contributed by atoms with Crippen LogP contribution in [0.15, 0.2) is 70.8 Å². The Hall–Kier alpha value is -4.98. The highest BCUT2D eigenvalue weighted by Crippen LogP contribution is 2.30. The van der Waals surface area contributed by atoms with Gasteiger partial charge in [-0.05, 0) is 59.9 Å². The van der Waals surface area contributed by atoms with Crippen molar-refractivity contribution >= 4 is 28.0 Å². The number of aromatic nitrogens is 5. The Labute approximate surface area is 282 Å². The SMILES string of the molecule is CC1CN(C2COC2)CCN1c1ccc(Nc2cc(-c3ccnc(-n4ncc5cc(C(C)(C)C)cc(F)c5c4=O)c3CO)c[nH]c2=O)nc1. The van der Waals surface area contributed by atoms with Gasteiger partial charge in [0.1, 0.15) is 17.3 Å². The molecule has 4 aromatic heterocycles. The van der Waals surface area contributed by atoms with E-state index in [9.17, 15) is 14.7 Å². The fourth-order valence-electron chi connectivity index (χ4n) is 6.54. The zero-order valence-corrected chi connectivity index (χ0v) is 27.9. The maximum absolute atomic E-state index is 15.3. The first kappa shape index (κ1) is 32.6. The number of pyridine rings is 3. The van der Waals surface area contributed by atoms with Crippen molar-refractivity contribution in [2.45, 2.75) is 51.8 Å². The number of hydrogen-bond acceptors (Lipinski definition) is 10. The third kappa shape index (κ3) is 6.20. The molecule has 1 aromatic carbocycles. The maximum atomic E-state index is 15.3. The molecule has 0 spiro atoms. The largest absolute Gasteiger partial charge is 0.392 e. The highest BCUT2D eigenvalue weighted by molar-refractivity contribution is 5.83. The first-order chi connectivity index (χ1) is 23.5.